The van der Waals surface area contributed by atoms with Crippen molar-refractivity contribution in [3.05, 3.63) is 11.1 Å². The normalized spacial score (nSPS) is 26.2. The molecule has 0 aromatic carbocycles. The fourth-order valence-electron chi connectivity index (χ4n) is 2.33. The summed E-state index contributed by atoms with van der Waals surface area (Å²) in [5, 5.41) is 9.65. The van der Waals surface area contributed by atoms with Crippen LogP contribution in [0.2, 0.25) is 0 Å². The summed E-state index contributed by atoms with van der Waals surface area (Å²) >= 11 is 1.42. The lowest BCUT2D eigenvalue weighted by atomic mass is 9.90. The molecule has 90 valence electrons. The van der Waals surface area contributed by atoms with Gasteiger partial charge in [0.15, 0.2) is 0 Å². The third kappa shape index (κ3) is 3.23. The molecule has 1 heterocycles. The molecule has 1 aromatic rings. The van der Waals surface area contributed by atoms with Crippen LogP contribution in [-0.2, 0) is 6.54 Å². The van der Waals surface area contributed by atoms with Crippen molar-refractivity contribution < 1.29 is 0 Å². The Kier molecular flexibility index (Phi) is 4.26. The van der Waals surface area contributed by atoms with Gasteiger partial charge in [0.05, 0.1) is 5.69 Å². The van der Waals surface area contributed by atoms with E-state index in [9.17, 15) is 0 Å². The van der Waals surface area contributed by atoms with E-state index in [1.807, 2.05) is 5.38 Å². The minimum absolute atomic E-state index is 0.642. The van der Waals surface area contributed by atoms with Gasteiger partial charge in [-0.2, -0.15) is 0 Å². The van der Waals surface area contributed by atoms with Crippen LogP contribution >= 0.6 is 11.5 Å². The zero-order valence-corrected chi connectivity index (χ0v) is 10.8. The van der Waals surface area contributed by atoms with Crippen LogP contribution in [0.4, 0.5) is 0 Å². The quantitative estimate of drug-likeness (QED) is 0.866. The van der Waals surface area contributed by atoms with Crippen molar-refractivity contribution in [2.45, 2.75) is 44.3 Å². The molecule has 4 nitrogen and oxygen atoms in total. The highest BCUT2D eigenvalue weighted by molar-refractivity contribution is 7.03. The van der Waals surface area contributed by atoms with E-state index in [4.69, 9.17) is 0 Å². The first-order valence-electron chi connectivity index (χ1n) is 5.91. The molecule has 1 fully saturated rings. The van der Waals surface area contributed by atoms with Crippen molar-refractivity contribution in [3.8, 4) is 0 Å². The minimum Gasteiger partial charge on any atom is -0.308 e. The Bertz CT molecular complexity index is 299. The standard InChI is InChI=1S/C11H20N4S/c1-15(2)11-5-3-4-9(6-11)12-7-10-8-16-14-13-10/h8-9,11-12H,3-7H2,1-2H3. The molecular weight excluding hydrogens is 220 g/mol. The van der Waals surface area contributed by atoms with Gasteiger partial charge in [-0.15, -0.1) is 5.10 Å². The minimum atomic E-state index is 0.642. The van der Waals surface area contributed by atoms with E-state index in [2.05, 4.69) is 33.9 Å². The third-order valence-corrected chi connectivity index (χ3v) is 3.91. The summed E-state index contributed by atoms with van der Waals surface area (Å²) in [6, 6.07) is 1.38. The summed E-state index contributed by atoms with van der Waals surface area (Å²) in [6.07, 6.45) is 5.21. The average Bonchev–Trinajstić information content (AvgIpc) is 2.79. The molecule has 2 atom stereocenters. The van der Waals surface area contributed by atoms with Gasteiger partial charge in [-0.05, 0) is 44.9 Å². The Balaban J connectivity index is 1.77. The summed E-state index contributed by atoms with van der Waals surface area (Å²) in [7, 11) is 4.36. The van der Waals surface area contributed by atoms with Gasteiger partial charge in [0.25, 0.3) is 0 Å². The predicted octanol–water partition coefficient (Wildman–Crippen LogP) is 1.50. The second-order valence-electron chi connectivity index (χ2n) is 4.76. The van der Waals surface area contributed by atoms with Crippen LogP contribution in [0.5, 0.6) is 0 Å². The van der Waals surface area contributed by atoms with Crippen LogP contribution in [0.1, 0.15) is 31.4 Å². The van der Waals surface area contributed by atoms with E-state index in [1.165, 1.54) is 37.2 Å². The molecule has 1 aliphatic carbocycles. The topological polar surface area (TPSA) is 41.0 Å². The van der Waals surface area contributed by atoms with Gasteiger partial charge in [-0.25, -0.2) is 0 Å². The van der Waals surface area contributed by atoms with Crippen LogP contribution in [0.15, 0.2) is 5.38 Å². The number of hydrogen-bond acceptors (Lipinski definition) is 5. The molecule has 1 saturated carbocycles. The number of nitrogens with one attached hydrogen (secondary N) is 1. The van der Waals surface area contributed by atoms with Crippen LogP contribution < -0.4 is 5.32 Å². The molecule has 2 rings (SSSR count). The highest BCUT2D eigenvalue weighted by atomic mass is 32.1. The van der Waals surface area contributed by atoms with Gasteiger partial charge in [0.2, 0.25) is 0 Å². The maximum Gasteiger partial charge on any atom is 0.0893 e. The van der Waals surface area contributed by atoms with Gasteiger partial charge in [-0.3, -0.25) is 0 Å². The summed E-state index contributed by atoms with van der Waals surface area (Å²) < 4.78 is 3.87. The molecular formula is C11H20N4S. The maximum atomic E-state index is 4.05. The van der Waals surface area contributed by atoms with Crippen LogP contribution in [-0.4, -0.2) is 40.7 Å². The highest BCUT2D eigenvalue weighted by Gasteiger charge is 2.22. The van der Waals surface area contributed by atoms with Gasteiger partial charge in [0, 0.05) is 24.0 Å². The SMILES string of the molecule is CN(C)C1CCCC(NCc2csnn2)C1. The lowest BCUT2D eigenvalue weighted by molar-refractivity contribution is 0.198. The molecule has 0 amide bonds. The van der Waals surface area contributed by atoms with Crippen molar-refractivity contribution in [2.75, 3.05) is 14.1 Å². The molecule has 1 N–H and O–H groups in total. The van der Waals surface area contributed by atoms with E-state index < -0.39 is 0 Å². The molecule has 0 spiro atoms. The van der Waals surface area contributed by atoms with E-state index in [0.29, 0.717) is 6.04 Å². The Morgan fingerprint density at radius 2 is 2.38 bits per heavy atom. The first-order chi connectivity index (χ1) is 7.75. The number of hydrogen-bond donors (Lipinski definition) is 1. The fourth-order valence-corrected chi connectivity index (χ4v) is 2.78. The number of nitrogens with zero attached hydrogens (tertiary/aromatic N) is 3. The zero-order chi connectivity index (χ0) is 11.4. The Morgan fingerprint density at radius 3 is 3.06 bits per heavy atom. The summed E-state index contributed by atoms with van der Waals surface area (Å²) in [6.45, 7) is 0.862. The van der Waals surface area contributed by atoms with Crippen molar-refractivity contribution in [1.29, 1.82) is 0 Å². The van der Waals surface area contributed by atoms with E-state index in [-0.39, 0.29) is 0 Å². The Morgan fingerprint density at radius 1 is 1.50 bits per heavy atom. The van der Waals surface area contributed by atoms with Crippen molar-refractivity contribution in [1.82, 2.24) is 19.8 Å². The van der Waals surface area contributed by atoms with Crippen molar-refractivity contribution in [3.63, 3.8) is 0 Å². The lowest BCUT2D eigenvalue weighted by Gasteiger charge is -2.33. The van der Waals surface area contributed by atoms with Crippen LogP contribution in [0.3, 0.4) is 0 Å². The van der Waals surface area contributed by atoms with E-state index in [1.54, 1.807) is 0 Å². The van der Waals surface area contributed by atoms with E-state index >= 15 is 0 Å². The monoisotopic (exact) mass is 240 g/mol. The summed E-state index contributed by atoms with van der Waals surface area (Å²) in [5.41, 5.74) is 1.07. The Labute approximate surface area is 101 Å². The molecule has 0 bridgehead atoms. The van der Waals surface area contributed by atoms with Gasteiger partial charge in [-0.1, -0.05) is 10.9 Å². The first-order valence-corrected chi connectivity index (χ1v) is 6.75. The van der Waals surface area contributed by atoms with Gasteiger partial charge < -0.3 is 10.2 Å². The zero-order valence-electron chi connectivity index (χ0n) is 10.0. The molecule has 1 aliphatic rings. The number of rotatable bonds is 4. The van der Waals surface area contributed by atoms with Crippen LogP contribution in [0, 0.1) is 0 Å². The molecule has 0 aliphatic heterocycles. The van der Waals surface area contributed by atoms with Crippen molar-refractivity contribution in [2.24, 2.45) is 0 Å². The first kappa shape index (κ1) is 12.0. The summed E-state index contributed by atoms with van der Waals surface area (Å²) in [4.78, 5) is 2.35. The molecule has 0 radical (unpaired) electrons. The highest BCUT2D eigenvalue weighted by Crippen LogP contribution is 2.21. The van der Waals surface area contributed by atoms with E-state index in [0.717, 1.165) is 18.3 Å². The van der Waals surface area contributed by atoms with Crippen LogP contribution in [0.25, 0.3) is 0 Å². The smallest absolute Gasteiger partial charge is 0.0893 e. The molecule has 16 heavy (non-hydrogen) atoms. The average molecular weight is 240 g/mol. The molecule has 2 unspecified atom stereocenters. The fraction of sp³-hybridized carbons (Fsp3) is 0.818. The molecule has 5 heteroatoms. The second kappa shape index (κ2) is 5.70. The lowest BCUT2D eigenvalue weighted by Crippen LogP contribution is -2.41. The third-order valence-electron chi connectivity index (χ3n) is 3.35. The predicted molar refractivity (Wildman–Crippen MR) is 66.5 cm³/mol. The molecule has 1 aromatic heterocycles. The maximum absolute atomic E-state index is 4.05. The van der Waals surface area contributed by atoms with Gasteiger partial charge in [0.1, 0.15) is 0 Å². The van der Waals surface area contributed by atoms with Gasteiger partial charge >= 0.3 is 0 Å². The largest absolute Gasteiger partial charge is 0.308 e. The molecule has 0 saturated heterocycles. The summed E-state index contributed by atoms with van der Waals surface area (Å²) in [5.74, 6) is 0. The number of aromatic nitrogens is 2. The Hall–Kier alpha value is -0.520. The second-order valence-corrected chi connectivity index (χ2v) is 5.37. The van der Waals surface area contributed by atoms with Crippen molar-refractivity contribution >= 4 is 11.5 Å².